The van der Waals surface area contributed by atoms with Gasteiger partial charge in [-0.1, -0.05) is 54.6 Å². The molecule has 0 aromatic heterocycles. The second kappa shape index (κ2) is 7.41. The molecule has 0 amide bonds. The molecule has 0 aliphatic carbocycles. The van der Waals surface area contributed by atoms with Crippen LogP contribution in [0.3, 0.4) is 0 Å². The van der Waals surface area contributed by atoms with Gasteiger partial charge in [-0.15, -0.1) is 0 Å². The third kappa shape index (κ3) is 3.37. The molecule has 2 bridgehead atoms. The molecule has 0 spiro atoms. The second-order valence-electron chi connectivity index (χ2n) is 7.49. The Labute approximate surface area is 158 Å². The van der Waals surface area contributed by atoms with Gasteiger partial charge in [0.05, 0.1) is 0 Å². The Kier molecular flexibility index (Phi) is 4.98. The van der Waals surface area contributed by atoms with Gasteiger partial charge in [-0.25, -0.2) is 9.18 Å². The molecule has 2 atom stereocenters. The normalized spacial score (nSPS) is 26.4. The number of benzene rings is 2. The Morgan fingerprint density at radius 1 is 1.07 bits per heavy atom. The molecule has 27 heavy (non-hydrogen) atoms. The molecule has 2 aromatic carbocycles. The largest absolute Gasteiger partial charge is 0.458 e. The molecular formula is C22H24FNO3. The van der Waals surface area contributed by atoms with Crippen molar-refractivity contribution in [1.82, 2.24) is 4.90 Å². The molecule has 0 radical (unpaired) electrons. The highest BCUT2D eigenvalue weighted by Gasteiger charge is 2.45. The van der Waals surface area contributed by atoms with Gasteiger partial charge in [-0.2, -0.15) is 0 Å². The summed E-state index contributed by atoms with van der Waals surface area (Å²) >= 11 is 0. The van der Waals surface area contributed by atoms with Crippen molar-refractivity contribution in [3.8, 4) is 0 Å². The maximum absolute atomic E-state index is 13.2. The van der Waals surface area contributed by atoms with Crippen molar-refractivity contribution in [2.75, 3.05) is 19.6 Å². The summed E-state index contributed by atoms with van der Waals surface area (Å²) in [6.45, 7) is 2.23. The number of carbonyl (C=O) groups is 1. The van der Waals surface area contributed by atoms with Crippen molar-refractivity contribution in [3.05, 3.63) is 71.3 Å². The van der Waals surface area contributed by atoms with Crippen LogP contribution in [0.2, 0.25) is 0 Å². The van der Waals surface area contributed by atoms with E-state index in [0.717, 1.165) is 32.5 Å². The zero-order valence-corrected chi connectivity index (χ0v) is 15.2. The zero-order chi connectivity index (χ0) is 18.9. The lowest BCUT2D eigenvalue weighted by atomic mass is 9.84. The first-order chi connectivity index (χ1) is 13.1. The van der Waals surface area contributed by atoms with E-state index in [1.54, 1.807) is 48.5 Å². The minimum atomic E-state index is -1.91. The highest BCUT2D eigenvalue weighted by Crippen LogP contribution is 2.35. The Morgan fingerprint density at radius 3 is 2.26 bits per heavy atom. The average molecular weight is 368 g/mol. The summed E-state index contributed by atoms with van der Waals surface area (Å²) in [4.78, 5) is 15.5. The standard InChI is InChI=1S/C22H24FNO3/c23-14-16-6-8-19(9-7-16)22(26,18-4-2-1-3-5-18)21(25)27-20-15-24-12-10-17(20)11-13-24/h1-9,17,20,26H,10-15H2/t20-,22+/m0/s1/i23-1. The van der Waals surface area contributed by atoms with Gasteiger partial charge >= 0.3 is 5.97 Å². The maximum Gasteiger partial charge on any atom is 0.348 e. The van der Waals surface area contributed by atoms with Crippen molar-refractivity contribution >= 4 is 5.97 Å². The lowest BCUT2D eigenvalue weighted by Crippen LogP contribution is -2.53. The van der Waals surface area contributed by atoms with E-state index in [1.165, 1.54) is 0 Å². The maximum atomic E-state index is 13.2. The molecule has 3 aliphatic rings. The number of hydrogen-bond donors (Lipinski definition) is 1. The summed E-state index contributed by atoms with van der Waals surface area (Å²) in [6.07, 6.45) is 1.85. The molecule has 3 fully saturated rings. The van der Waals surface area contributed by atoms with Crippen LogP contribution in [0.15, 0.2) is 54.6 Å². The molecule has 4 nitrogen and oxygen atoms in total. The van der Waals surface area contributed by atoms with E-state index in [1.807, 2.05) is 6.07 Å². The lowest BCUT2D eigenvalue weighted by molar-refractivity contribution is -0.177. The van der Waals surface area contributed by atoms with Crippen LogP contribution in [-0.2, 0) is 21.8 Å². The number of aliphatic hydroxyl groups is 1. The quantitative estimate of drug-likeness (QED) is 0.825. The topological polar surface area (TPSA) is 49.8 Å². The Hall–Kier alpha value is -2.24. The second-order valence-corrected chi connectivity index (χ2v) is 7.49. The number of esters is 1. The minimum Gasteiger partial charge on any atom is -0.458 e. The van der Waals surface area contributed by atoms with Gasteiger partial charge in [-0.3, -0.25) is 4.90 Å². The number of hydrogen-bond acceptors (Lipinski definition) is 4. The van der Waals surface area contributed by atoms with Gasteiger partial charge in [0.15, 0.2) is 0 Å². The van der Waals surface area contributed by atoms with Crippen LogP contribution >= 0.6 is 0 Å². The van der Waals surface area contributed by atoms with Crippen LogP contribution in [0.1, 0.15) is 29.5 Å². The highest BCUT2D eigenvalue weighted by atomic mass is 18.2. The molecule has 3 aliphatic heterocycles. The number of rotatable bonds is 5. The predicted molar refractivity (Wildman–Crippen MR) is 99.7 cm³/mol. The number of piperidine rings is 3. The summed E-state index contributed by atoms with van der Waals surface area (Å²) in [7, 11) is 0. The number of carbonyl (C=O) groups excluding carboxylic acids is 1. The van der Waals surface area contributed by atoms with E-state index >= 15 is 0 Å². The van der Waals surface area contributed by atoms with E-state index in [0.29, 0.717) is 22.6 Å². The van der Waals surface area contributed by atoms with Crippen LogP contribution in [0.5, 0.6) is 0 Å². The number of alkyl halides is 1. The average Bonchev–Trinajstić information content (AvgIpc) is 2.74. The molecule has 1 N–H and O–H groups in total. The van der Waals surface area contributed by atoms with Crippen LogP contribution < -0.4 is 0 Å². The first-order valence-corrected chi connectivity index (χ1v) is 9.48. The number of nitrogens with zero attached hydrogens (tertiary/aromatic N) is 1. The minimum absolute atomic E-state index is 0.194. The fourth-order valence-corrected chi connectivity index (χ4v) is 4.18. The Bertz CT molecular complexity index is 787. The monoisotopic (exact) mass is 368 g/mol. The van der Waals surface area contributed by atoms with E-state index in [9.17, 15) is 14.3 Å². The van der Waals surface area contributed by atoms with Crippen LogP contribution in [-0.4, -0.2) is 41.7 Å². The van der Waals surface area contributed by atoms with Gasteiger partial charge in [0, 0.05) is 6.54 Å². The summed E-state index contributed by atoms with van der Waals surface area (Å²) in [5.74, 6) is -0.312. The molecule has 5 rings (SSSR count). The molecule has 0 saturated carbocycles. The summed E-state index contributed by atoms with van der Waals surface area (Å²) in [6, 6.07) is 15.2. The van der Waals surface area contributed by atoms with Crippen molar-refractivity contribution in [2.45, 2.75) is 31.2 Å². The van der Waals surface area contributed by atoms with E-state index in [2.05, 4.69) is 4.90 Å². The van der Waals surface area contributed by atoms with Crippen LogP contribution in [0, 0.1) is 5.92 Å². The van der Waals surface area contributed by atoms with Gasteiger partial charge in [-0.05, 0) is 48.5 Å². The van der Waals surface area contributed by atoms with Crippen LogP contribution in [0.25, 0.3) is 0 Å². The van der Waals surface area contributed by atoms with E-state index in [4.69, 9.17) is 4.74 Å². The Morgan fingerprint density at radius 2 is 1.70 bits per heavy atom. The number of halogens is 1. The van der Waals surface area contributed by atoms with Gasteiger partial charge < -0.3 is 9.84 Å². The highest BCUT2D eigenvalue weighted by molar-refractivity contribution is 5.85. The number of ether oxygens (including phenoxy) is 1. The molecule has 3 heterocycles. The fraction of sp³-hybridized carbons (Fsp3) is 0.409. The Balaban J connectivity index is 1.66. The van der Waals surface area contributed by atoms with E-state index in [-0.39, 0.29) is 6.10 Å². The summed E-state index contributed by atoms with van der Waals surface area (Å²) in [5, 5.41) is 11.5. The first kappa shape index (κ1) is 18.1. The molecule has 142 valence electrons. The van der Waals surface area contributed by atoms with Crippen LogP contribution in [0.4, 0.5) is 4.39 Å². The number of fused-ring (bicyclic) bond motifs is 3. The smallest absolute Gasteiger partial charge is 0.348 e. The third-order valence-corrected chi connectivity index (χ3v) is 5.87. The molecule has 0 unspecified atom stereocenters. The molecule has 2 aromatic rings. The molecular weight excluding hydrogens is 344 g/mol. The predicted octanol–water partition coefficient (Wildman–Crippen LogP) is 3.03. The van der Waals surface area contributed by atoms with E-state index < -0.39 is 18.2 Å². The molecule has 3 saturated heterocycles. The van der Waals surface area contributed by atoms with Crippen molar-refractivity contribution in [2.24, 2.45) is 5.92 Å². The van der Waals surface area contributed by atoms with Crippen molar-refractivity contribution < 1.29 is 19.0 Å². The van der Waals surface area contributed by atoms with Crippen molar-refractivity contribution in [1.29, 1.82) is 0 Å². The summed E-state index contributed by atoms with van der Waals surface area (Å²) < 4.78 is 18.7. The van der Waals surface area contributed by atoms with Gasteiger partial charge in [0.25, 0.3) is 0 Å². The van der Waals surface area contributed by atoms with Crippen molar-refractivity contribution in [3.63, 3.8) is 0 Å². The first-order valence-electron chi connectivity index (χ1n) is 9.48. The molecule has 5 heteroatoms. The fourth-order valence-electron chi connectivity index (χ4n) is 4.18. The third-order valence-electron chi connectivity index (χ3n) is 5.87. The zero-order valence-electron chi connectivity index (χ0n) is 15.2. The van der Waals surface area contributed by atoms with Gasteiger partial charge in [0.1, 0.15) is 12.8 Å². The summed E-state index contributed by atoms with van der Waals surface area (Å²) in [5.41, 5.74) is -0.580. The van der Waals surface area contributed by atoms with Gasteiger partial charge in [0.2, 0.25) is 5.60 Å². The lowest BCUT2D eigenvalue weighted by Gasteiger charge is -2.44. The SMILES string of the molecule is O=C(O[C@H]1CN2CCC1CC2)[C@@](O)(c1ccccc1)c1ccc(C[18F])cc1.